The highest BCUT2D eigenvalue weighted by Gasteiger charge is 1.77. The zero-order valence-corrected chi connectivity index (χ0v) is 5.46. The maximum atomic E-state index is 3.89. The Bertz CT molecular complexity index is 86.1. The molecule has 0 bridgehead atoms. The van der Waals surface area contributed by atoms with Gasteiger partial charge in [-0.2, -0.15) is 0 Å². The van der Waals surface area contributed by atoms with Gasteiger partial charge in [-0.15, -0.1) is 11.8 Å². The molecule has 2 heteroatoms. The van der Waals surface area contributed by atoms with Crippen molar-refractivity contribution in [3.05, 3.63) is 12.8 Å². The summed E-state index contributed by atoms with van der Waals surface area (Å²) in [5, 5.41) is 1.05. The van der Waals surface area contributed by atoms with E-state index >= 15 is 0 Å². The smallest absolute Gasteiger partial charge is 0.0697 e. The zero-order chi connectivity index (χ0) is 5.70. The van der Waals surface area contributed by atoms with E-state index < -0.39 is 0 Å². The van der Waals surface area contributed by atoms with Gasteiger partial charge in [-0.3, -0.25) is 4.99 Å². The van der Waals surface area contributed by atoms with E-state index in [1.165, 1.54) is 0 Å². The number of hydrogen-bond donors (Lipinski definition) is 0. The number of hydrogen-bond acceptors (Lipinski definition) is 2. The van der Waals surface area contributed by atoms with Crippen molar-refractivity contribution in [3.63, 3.8) is 0 Å². The number of thioether (sulfide) groups is 1. The summed E-state index contributed by atoms with van der Waals surface area (Å²) in [5.41, 5.74) is 0. The van der Waals surface area contributed by atoms with Gasteiger partial charge in [0.05, 0.1) is 5.04 Å². The van der Waals surface area contributed by atoms with Gasteiger partial charge in [-0.1, -0.05) is 6.58 Å². The first-order valence-corrected chi connectivity index (χ1v) is 3.23. The van der Waals surface area contributed by atoms with Crippen molar-refractivity contribution in [2.24, 2.45) is 4.99 Å². The van der Waals surface area contributed by atoms with Crippen molar-refractivity contribution in [1.29, 1.82) is 0 Å². The van der Waals surface area contributed by atoms with Crippen LogP contribution in [0.1, 0.15) is 6.92 Å². The number of aliphatic imine (C=N–C) groups is 1. The fraction of sp³-hybridized carbons (Fsp3) is 0.400. The summed E-state index contributed by atoms with van der Waals surface area (Å²) in [5.74, 6) is 0. The van der Waals surface area contributed by atoms with Crippen molar-refractivity contribution in [2.45, 2.75) is 6.92 Å². The predicted molar refractivity (Wildman–Crippen MR) is 36.8 cm³/mol. The largest absolute Gasteiger partial charge is 0.255 e. The Hall–Kier alpha value is -0.240. The second-order valence-corrected chi connectivity index (χ2v) is 2.03. The third kappa shape index (κ3) is 3.59. The molecule has 0 atom stereocenters. The first-order chi connectivity index (χ1) is 3.31. The first-order valence-electron chi connectivity index (χ1n) is 2.00. The lowest BCUT2D eigenvalue weighted by Gasteiger charge is -1.84. The third-order valence-corrected chi connectivity index (χ3v) is 1.26. The molecule has 0 spiro atoms. The van der Waals surface area contributed by atoms with Gasteiger partial charge < -0.3 is 0 Å². The monoisotopic (exact) mass is 115 g/mol. The molecule has 7 heavy (non-hydrogen) atoms. The number of nitrogens with zero attached hydrogens (tertiary/aromatic N) is 1. The van der Waals surface area contributed by atoms with Gasteiger partial charge in [0.2, 0.25) is 0 Å². The topological polar surface area (TPSA) is 12.4 Å². The molecule has 0 aromatic carbocycles. The standard InChI is InChI=1S/C5H9NS/c1-4-6-5(2)7-3/h4H,1H2,2-3H3. The van der Waals surface area contributed by atoms with Crippen LogP contribution in [-0.2, 0) is 0 Å². The molecule has 0 fully saturated rings. The van der Waals surface area contributed by atoms with Crippen LogP contribution in [0.15, 0.2) is 17.8 Å². The van der Waals surface area contributed by atoms with Gasteiger partial charge in [0.15, 0.2) is 0 Å². The minimum Gasteiger partial charge on any atom is -0.255 e. The molecular weight excluding hydrogens is 106 g/mol. The predicted octanol–water partition coefficient (Wildman–Crippen LogP) is 1.91. The van der Waals surface area contributed by atoms with Crippen LogP contribution in [0.25, 0.3) is 0 Å². The summed E-state index contributed by atoms with van der Waals surface area (Å²) < 4.78 is 0. The van der Waals surface area contributed by atoms with Crippen LogP contribution < -0.4 is 0 Å². The fourth-order valence-corrected chi connectivity index (χ4v) is 0.361. The van der Waals surface area contributed by atoms with Gasteiger partial charge in [0.25, 0.3) is 0 Å². The second kappa shape index (κ2) is 3.93. The third-order valence-electron chi connectivity index (χ3n) is 0.569. The highest BCUT2D eigenvalue weighted by molar-refractivity contribution is 8.13. The lowest BCUT2D eigenvalue weighted by atomic mass is 10.8. The van der Waals surface area contributed by atoms with Crippen molar-refractivity contribution < 1.29 is 0 Å². The molecule has 0 amide bonds. The Morgan fingerprint density at radius 3 is 2.57 bits per heavy atom. The molecule has 0 rings (SSSR count). The summed E-state index contributed by atoms with van der Waals surface area (Å²) in [6.45, 7) is 5.40. The van der Waals surface area contributed by atoms with Gasteiger partial charge in [0, 0.05) is 6.20 Å². The Morgan fingerprint density at radius 1 is 1.86 bits per heavy atom. The van der Waals surface area contributed by atoms with Crippen LogP contribution >= 0.6 is 11.8 Å². The lowest BCUT2D eigenvalue weighted by Crippen LogP contribution is -1.75. The minimum atomic E-state index is 1.05. The maximum absolute atomic E-state index is 3.89. The van der Waals surface area contributed by atoms with Crippen LogP contribution in [0.3, 0.4) is 0 Å². The van der Waals surface area contributed by atoms with E-state index in [1.807, 2.05) is 13.2 Å². The molecule has 0 heterocycles. The molecule has 0 saturated heterocycles. The first kappa shape index (κ1) is 6.76. The van der Waals surface area contributed by atoms with Gasteiger partial charge in [0.1, 0.15) is 0 Å². The summed E-state index contributed by atoms with van der Waals surface area (Å²) in [7, 11) is 0. The normalized spacial score (nSPS) is 11.4. The molecule has 40 valence electrons. The van der Waals surface area contributed by atoms with Crippen LogP contribution in [0.5, 0.6) is 0 Å². The highest BCUT2D eigenvalue weighted by Crippen LogP contribution is 1.94. The molecular formula is C5H9NS. The molecule has 0 aliphatic rings. The fourth-order valence-electron chi connectivity index (χ4n) is 0.181. The van der Waals surface area contributed by atoms with Gasteiger partial charge in [-0.05, 0) is 13.2 Å². The highest BCUT2D eigenvalue weighted by atomic mass is 32.2. The van der Waals surface area contributed by atoms with Crippen molar-refractivity contribution >= 4 is 16.8 Å². The Balaban J connectivity index is 3.49. The zero-order valence-electron chi connectivity index (χ0n) is 4.64. The molecule has 0 unspecified atom stereocenters. The van der Waals surface area contributed by atoms with E-state index in [9.17, 15) is 0 Å². The van der Waals surface area contributed by atoms with E-state index in [1.54, 1.807) is 18.0 Å². The summed E-state index contributed by atoms with van der Waals surface area (Å²) in [6.07, 6.45) is 3.54. The molecule has 0 aromatic rings. The molecule has 0 aliphatic heterocycles. The average Bonchev–Trinajstić information content (AvgIpc) is 1.68. The molecule has 0 N–H and O–H groups in total. The molecule has 0 aromatic heterocycles. The SMILES string of the molecule is C=CN=C(C)SC. The summed E-state index contributed by atoms with van der Waals surface area (Å²) in [4.78, 5) is 3.89. The Kier molecular flexibility index (Phi) is 3.80. The van der Waals surface area contributed by atoms with Crippen LogP contribution in [0.2, 0.25) is 0 Å². The van der Waals surface area contributed by atoms with E-state index in [4.69, 9.17) is 0 Å². The Labute approximate surface area is 48.5 Å². The summed E-state index contributed by atoms with van der Waals surface area (Å²) in [6, 6.07) is 0. The van der Waals surface area contributed by atoms with Gasteiger partial charge >= 0.3 is 0 Å². The van der Waals surface area contributed by atoms with Crippen molar-refractivity contribution in [3.8, 4) is 0 Å². The summed E-state index contributed by atoms with van der Waals surface area (Å²) >= 11 is 1.63. The van der Waals surface area contributed by atoms with Crippen LogP contribution in [-0.4, -0.2) is 11.3 Å². The molecule has 0 radical (unpaired) electrons. The van der Waals surface area contributed by atoms with E-state index in [0.29, 0.717) is 0 Å². The molecule has 0 aliphatic carbocycles. The van der Waals surface area contributed by atoms with E-state index in [2.05, 4.69) is 11.6 Å². The van der Waals surface area contributed by atoms with Crippen LogP contribution in [0, 0.1) is 0 Å². The molecule has 0 saturated carbocycles. The van der Waals surface area contributed by atoms with Crippen molar-refractivity contribution in [1.82, 2.24) is 0 Å². The lowest BCUT2D eigenvalue weighted by molar-refractivity contribution is 1.59. The maximum Gasteiger partial charge on any atom is 0.0697 e. The second-order valence-electron chi connectivity index (χ2n) is 1.03. The minimum absolute atomic E-state index is 1.05. The molecule has 1 nitrogen and oxygen atoms in total. The van der Waals surface area contributed by atoms with Crippen molar-refractivity contribution in [2.75, 3.05) is 6.26 Å². The number of rotatable bonds is 1. The van der Waals surface area contributed by atoms with Gasteiger partial charge in [-0.25, -0.2) is 0 Å². The van der Waals surface area contributed by atoms with E-state index in [-0.39, 0.29) is 0 Å². The average molecular weight is 115 g/mol. The Morgan fingerprint density at radius 2 is 2.43 bits per heavy atom. The quantitative estimate of drug-likeness (QED) is 0.375. The van der Waals surface area contributed by atoms with E-state index in [0.717, 1.165) is 5.04 Å². The van der Waals surface area contributed by atoms with Crippen LogP contribution in [0.4, 0.5) is 0 Å².